The Labute approximate surface area is 141 Å². The van der Waals surface area contributed by atoms with Gasteiger partial charge in [-0.15, -0.1) is 11.3 Å². The fourth-order valence-corrected chi connectivity index (χ4v) is 4.53. The zero-order valence-corrected chi connectivity index (χ0v) is 14.6. The summed E-state index contributed by atoms with van der Waals surface area (Å²) in [6.45, 7) is 7.72. The van der Waals surface area contributed by atoms with Crippen molar-refractivity contribution in [3.05, 3.63) is 21.3 Å². The summed E-state index contributed by atoms with van der Waals surface area (Å²) in [5.74, 6) is 0.589. The van der Waals surface area contributed by atoms with Crippen molar-refractivity contribution < 1.29 is 4.79 Å². The van der Waals surface area contributed by atoms with Crippen LogP contribution in [0.25, 0.3) is 0 Å². The summed E-state index contributed by atoms with van der Waals surface area (Å²) in [6.07, 6.45) is 1.96. The van der Waals surface area contributed by atoms with Gasteiger partial charge in [0, 0.05) is 49.6 Å². The first-order valence-electron chi connectivity index (χ1n) is 8.10. The third-order valence-corrected chi connectivity index (χ3v) is 5.88. The average Bonchev–Trinajstić information content (AvgIpc) is 2.92. The van der Waals surface area contributed by atoms with Gasteiger partial charge in [-0.05, 0) is 38.4 Å². The highest BCUT2D eigenvalue weighted by atomic mass is 35.5. The number of piperidine rings is 1. The van der Waals surface area contributed by atoms with Crippen molar-refractivity contribution in [2.24, 2.45) is 5.92 Å². The SMILES string of the molecule is C[C@H]1C[C@@H](C(=O)N2CCN(Cc3ccc(Cl)s3)CC2)CCN1. The zero-order valence-electron chi connectivity index (χ0n) is 13.1. The molecule has 0 unspecified atom stereocenters. The molecule has 0 aromatic carbocycles. The summed E-state index contributed by atoms with van der Waals surface area (Å²) in [5.41, 5.74) is 0. The molecule has 6 heteroatoms. The summed E-state index contributed by atoms with van der Waals surface area (Å²) >= 11 is 7.63. The fourth-order valence-electron chi connectivity index (χ4n) is 3.40. The molecular weight excluding hydrogens is 318 g/mol. The molecule has 2 aliphatic rings. The monoisotopic (exact) mass is 341 g/mol. The number of amides is 1. The molecule has 0 aliphatic carbocycles. The van der Waals surface area contributed by atoms with E-state index in [9.17, 15) is 4.79 Å². The van der Waals surface area contributed by atoms with E-state index in [0.717, 1.165) is 56.4 Å². The molecule has 122 valence electrons. The van der Waals surface area contributed by atoms with Crippen LogP contribution in [0.2, 0.25) is 4.34 Å². The standard InChI is InChI=1S/C16H24ClN3OS/c1-12-10-13(4-5-18-12)16(21)20-8-6-19(7-9-20)11-14-2-3-15(17)22-14/h2-3,12-13,18H,4-11H2,1H3/t12-,13-/m0/s1. The number of nitrogens with zero attached hydrogens (tertiary/aromatic N) is 2. The molecular formula is C16H24ClN3OS. The van der Waals surface area contributed by atoms with Crippen molar-refractivity contribution in [1.82, 2.24) is 15.1 Å². The highest BCUT2D eigenvalue weighted by Crippen LogP contribution is 2.24. The number of rotatable bonds is 3. The van der Waals surface area contributed by atoms with Crippen LogP contribution in [0.5, 0.6) is 0 Å². The Balaban J connectivity index is 1.47. The first-order chi connectivity index (χ1) is 10.6. The van der Waals surface area contributed by atoms with Gasteiger partial charge in [0.15, 0.2) is 0 Å². The molecule has 0 radical (unpaired) electrons. The molecule has 0 spiro atoms. The Morgan fingerprint density at radius 1 is 1.36 bits per heavy atom. The Hall–Kier alpha value is -0.620. The van der Waals surface area contributed by atoms with Crippen LogP contribution in [0.1, 0.15) is 24.6 Å². The molecule has 1 aromatic heterocycles. The van der Waals surface area contributed by atoms with E-state index in [-0.39, 0.29) is 5.92 Å². The topological polar surface area (TPSA) is 35.6 Å². The molecule has 1 amide bonds. The molecule has 1 N–H and O–H groups in total. The van der Waals surface area contributed by atoms with Crippen LogP contribution in [-0.2, 0) is 11.3 Å². The molecule has 4 nitrogen and oxygen atoms in total. The van der Waals surface area contributed by atoms with Crippen LogP contribution in [0.4, 0.5) is 0 Å². The summed E-state index contributed by atoms with van der Waals surface area (Å²) in [7, 11) is 0. The van der Waals surface area contributed by atoms with Crippen LogP contribution in [0.15, 0.2) is 12.1 Å². The number of nitrogens with one attached hydrogen (secondary N) is 1. The lowest BCUT2D eigenvalue weighted by molar-refractivity contribution is -0.138. The molecule has 2 fully saturated rings. The summed E-state index contributed by atoms with van der Waals surface area (Å²) in [4.78, 5) is 18.4. The number of carbonyl (C=O) groups excluding carboxylic acids is 1. The van der Waals surface area contributed by atoms with Crippen molar-refractivity contribution in [3.63, 3.8) is 0 Å². The molecule has 1 aromatic rings. The van der Waals surface area contributed by atoms with Crippen molar-refractivity contribution in [3.8, 4) is 0 Å². The lowest BCUT2D eigenvalue weighted by atomic mass is 9.92. The van der Waals surface area contributed by atoms with Gasteiger partial charge in [0.05, 0.1) is 4.34 Å². The van der Waals surface area contributed by atoms with Gasteiger partial charge in [-0.25, -0.2) is 0 Å². The second kappa shape index (κ2) is 7.30. The highest BCUT2D eigenvalue weighted by molar-refractivity contribution is 7.16. The van der Waals surface area contributed by atoms with E-state index in [2.05, 4.69) is 28.1 Å². The van der Waals surface area contributed by atoms with Gasteiger partial charge >= 0.3 is 0 Å². The summed E-state index contributed by atoms with van der Waals surface area (Å²) in [6, 6.07) is 4.52. The number of hydrogen-bond donors (Lipinski definition) is 1. The van der Waals surface area contributed by atoms with Crippen molar-refractivity contribution in [2.75, 3.05) is 32.7 Å². The third kappa shape index (κ3) is 4.02. The molecule has 0 saturated carbocycles. The minimum absolute atomic E-state index is 0.221. The van der Waals surface area contributed by atoms with Crippen LogP contribution in [-0.4, -0.2) is 54.5 Å². The van der Waals surface area contributed by atoms with Crippen LogP contribution < -0.4 is 5.32 Å². The first-order valence-corrected chi connectivity index (χ1v) is 9.30. The van der Waals surface area contributed by atoms with Gasteiger partial charge in [-0.2, -0.15) is 0 Å². The van der Waals surface area contributed by atoms with E-state index < -0.39 is 0 Å². The molecule has 22 heavy (non-hydrogen) atoms. The Kier molecular flexibility index (Phi) is 5.39. The number of halogens is 1. The maximum atomic E-state index is 12.6. The van der Waals surface area contributed by atoms with Crippen molar-refractivity contribution in [2.45, 2.75) is 32.4 Å². The summed E-state index contributed by atoms with van der Waals surface area (Å²) < 4.78 is 0.851. The molecule has 3 heterocycles. The number of thiophene rings is 1. The quantitative estimate of drug-likeness (QED) is 0.917. The molecule has 2 saturated heterocycles. The van der Waals surface area contributed by atoms with E-state index >= 15 is 0 Å². The van der Waals surface area contributed by atoms with Gasteiger partial charge in [-0.3, -0.25) is 9.69 Å². The van der Waals surface area contributed by atoms with E-state index in [4.69, 9.17) is 11.6 Å². The zero-order chi connectivity index (χ0) is 15.5. The maximum Gasteiger partial charge on any atom is 0.225 e. The third-order valence-electron chi connectivity index (χ3n) is 4.67. The predicted molar refractivity (Wildman–Crippen MR) is 91.4 cm³/mol. The van der Waals surface area contributed by atoms with Crippen molar-refractivity contribution >= 4 is 28.8 Å². The first kappa shape index (κ1) is 16.2. The predicted octanol–water partition coefficient (Wildman–Crippen LogP) is 2.43. The van der Waals surface area contributed by atoms with Crippen molar-refractivity contribution in [1.29, 1.82) is 0 Å². The molecule has 0 bridgehead atoms. The number of piperazine rings is 1. The fraction of sp³-hybridized carbons (Fsp3) is 0.688. The van der Waals surface area contributed by atoms with Gasteiger partial charge in [-0.1, -0.05) is 11.6 Å². The van der Waals surface area contributed by atoms with E-state index in [0.29, 0.717) is 11.9 Å². The van der Waals surface area contributed by atoms with Crippen LogP contribution in [0.3, 0.4) is 0 Å². The van der Waals surface area contributed by atoms with Gasteiger partial charge < -0.3 is 10.2 Å². The second-order valence-corrected chi connectivity index (χ2v) is 8.18. The van der Waals surface area contributed by atoms with Crippen LogP contribution in [0, 0.1) is 5.92 Å². The van der Waals surface area contributed by atoms with Gasteiger partial charge in [0.2, 0.25) is 5.91 Å². The molecule has 2 aliphatic heterocycles. The minimum atomic E-state index is 0.221. The second-order valence-electron chi connectivity index (χ2n) is 6.38. The summed E-state index contributed by atoms with van der Waals surface area (Å²) in [5, 5.41) is 3.42. The normalized spacial score (nSPS) is 27.1. The lowest BCUT2D eigenvalue weighted by Gasteiger charge is -2.37. The Morgan fingerprint density at radius 3 is 2.77 bits per heavy atom. The molecule has 3 rings (SSSR count). The average molecular weight is 342 g/mol. The number of carbonyl (C=O) groups is 1. The minimum Gasteiger partial charge on any atom is -0.340 e. The van der Waals surface area contributed by atoms with Crippen LogP contribution >= 0.6 is 22.9 Å². The van der Waals surface area contributed by atoms with E-state index in [1.807, 2.05) is 6.07 Å². The van der Waals surface area contributed by atoms with E-state index in [1.54, 1.807) is 11.3 Å². The maximum absolute atomic E-state index is 12.6. The largest absolute Gasteiger partial charge is 0.340 e. The lowest BCUT2D eigenvalue weighted by Crippen LogP contribution is -2.51. The Bertz CT molecular complexity index is 513. The Morgan fingerprint density at radius 2 is 2.14 bits per heavy atom. The number of hydrogen-bond acceptors (Lipinski definition) is 4. The molecule has 2 atom stereocenters. The highest BCUT2D eigenvalue weighted by Gasteiger charge is 2.30. The van der Waals surface area contributed by atoms with E-state index in [1.165, 1.54) is 4.88 Å². The van der Waals surface area contributed by atoms with Gasteiger partial charge in [0.25, 0.3) is 0 Å². The van der Waals surface area contributed by atoms with Gasteiger partial charge in [0.1, 0.15) is 0 Å². The smallest absolute Gasteiger partial charge is 0.225 e.